The van der Waals surface area contributed by atoms with E-state index < -0.39 is 0 Å². The second-order valence-electron chi connectivity index (χ2n) is 3.09. The number of aryl methyl sites for hydroxylation is 1. The molecule has 1 heterocycles. The maximum Gasteiger partial charge on any atom is 0.255 e. The fourth-order valence-electron chi connectivity index (χ4n) is 1.55. The van der Waals surface area contributed by atoms with E-state index in [-0.39, 0.29) is 11.3 Å². The Balaban J connectivity index is 3.48. The number of hydrogen-bond acceptors (Lipinski definition) is 2. The van der Waals surface area contributed by atoms with Crippen LogP contribution in [-0.2, 0) is 12.8 Å². The van der Waals surface area contributed by atoms with E-state index in [1.165, 1.54) is 0 Å². The largest absolute Gasteiger partial charge is 0.507 e. The summed E-state index contributed by atoms with van der Waals surface area (Å²) in [6.07, 6.45) is 1.30. The molecule has 1 aromatic heterocycles. The molecule has 0 saturated carbocycles. The third kappa shape index (κ3) is 1.59. The van der Waals surface area contributed by atoms with Gasteiger partial charge in [0.1, 0.15) is 5.75 Å². The van der Waals surface area contributed by atoms with Crippen molar-refractivity contribution in [2.45, 2.75) is 33.6 Å². The summed E-state index contributed by atoms with van der Waals surface area (Å²) >= 11 is 0. The van der Waals surface area contributed by atoms with Crippen LogP contribution >= 0.6 is 0 Å². The van der Waals surface area contributed by atoms with Crippen molar-refractivity contribution < 1.29 is 5.11 Å². The van der Waals surface area contributed by atoms with Crippen molar-refractivity contribution in [1.29, 1.82) is 0 Å². The first-order chi connectivity index (χ1) is 6.11. The second-order valence-corrected chi connectivity index (χ2v) is 3.09. The molecule has 0 atom stereocenters. The highest BCUT2D eigenvalue weighted by atomic mass is 16.3. The second kappa shape index (κ2) is 3.64. The van der Waals surface area contributed by atoms with Gasteiger partial charge >= 0.3 is 0 Å². The van der Waals surface area contributed by atoms with Crippen LogP contribution in [0.4, 0.5) is 0 Å². The third-order valence-electron chi connectivity index (χ3n) is 2.31. The van der Waals surface area contributed by atoms with Gasteiger partial charge in [0.15, 0.2) is 0 Å². The fourth-order valence-corrected chi connectivity index (χ4v) is 1.55. The minimum Gasteiger partial charge on any atom is -0.507 e. The van der Waals surface area contributed by atoms with Gasteiger partial charge in [-0.05, 0) is 19.8 Å². The van der Waals surface area contributed by atoms with E-state index >= 15 is 0 Å². The minimum absolute atomic E-state index is 0.172. The Morgan fingerprint density at radius 2 is 1.77 bits per heavy atom. The van der Waals surface area contributed by atoms with Crippen LogP contribution in [0.5, 0.6) is 5.75 Å². The van der Waals surface area contributed by atoms with E-state index in [1.807, 2.05) is 13.8 Å². The Morgan fingerprint density at radius 1 is 1.23 bits per heavy atom. The van der Waals surface area contributed by atoms with Crippen LogP contribution in [-0.4, -0.2) is 10.1 Å². The molecular weight excluding hydrogens is 166 g/mol. The lowest BCUT2D eigenvalue weighted by molar-refractivity contribution is 0.459. The average Bonchev–Trinajstić information content (AvgIpc) is 2.04. The van der Waals surface area contributed by atoms with E-state index in [1.54, 1.807) is 6.92 Å². The SMILES string of the molecule is CCc1c(C)[nH]c(=O)c(CC)c1O. The monoisotopic (exact) mass is 181 g/mol. The predicted molar refractivity (Wildman–Crippen MR) is 52.2 cm³/mol. The van der Waals surface area contributed by atoms with Gasteiger partial charge < -0.3 is 10.1 Å². The van der Waals surface area contributed by atoms with Crippen molar-refractivity contribution in [3.63, 3.8) is 0 Å². The topological polar surface area (TPSA) is 53.1 Å². The number of nitrogens with one attached hydrogen (secondary N) is 1. The van der Waals surface area contributed by atoms with Crippen molar-refractivity contribution in [3.05, 3.63) is 27.2 Å². The van der Waals surface area contributed by atoms with Crippen molar-refractivity contribution in [2.24, 2.45) is 0 Å². The molecule has 1 aromatic rings. The summed E-state index contributed by atoms with van der Waals surface area (Å²) in [5.74, 6) is 0.172. The van der Waals surface area contributed by atoms with Crippen molar-refractivity contribution in [2.75, 3.05) is 0 Å². The lowest BCUT2D eigenvalue weighted by Crippen LogP contribution is -2.15. The van der Waals surface area contributed by atoms with Gasteiger partial charge in [-0.1, -0.05) is 13.8 Å². The van der Waals surface area contributed by atoms with Gasteiger partial charge in [0.05, 0.1) is 5.56 Å². The molecule has 0 aliphatic carbocycles. The molecule has 0 bridgehead atoms. The van der Waals surface area contributed by atoms with E-state index in [4.69, 9.17) is 0 Å². The van der Waals surface area contributed by atoms with Gasteiger partial charge in [0.25, 0.3) is 5.56 Å². The first-order valence-electron chi connectivity index (χ1n) is 4.55. The van der Waals surface area contributed by atoms with Gasteiger partial charge in [0.2, 0.25) is 0 Å². The molecule has 0 amide bonds. The van der Waals surface area contributed by atoms with Gasteiger partial charge in [0, 0.05) is 11.3 Å². The van der Waals surface area contributed by atoms with Crippen LogP contribution in [0, 0.1) is 6.92 Å². The van der Waals surface area contributed by atoms with E-state index in [9.17, 15) is 9.90 Å². The fraction of sp³-hybridized carbons (Fsp3) is 0.500. The van der Waals surface area contributed by atoms with Gasteiger partial charge in [-0.3, -0.25) is 4.79 Å². The lowest BCUT2D eigenvalue weighted by Gasteiger charge is -2.08. The highest BCUT2D eigenvalue weighted by molar-refractivity contribution is 5.41. The Bertz CT molecular complexity index is 366. The number of aromatic nitrogens is 1. The summed E-state index contributed by atoms with van der Waals surface area (Å²) in [5, 5.41) is 9.73. The number of pyridine rings is 1. The zero-order valence-electron chi connectivity index (χ0n) is 8.27. The molecule has 0 aliphatic rings. The zero-order chi connectivity index (χ0) is 10.0. The molecule has 2 N–H and O–H groups in total. The maximum absolute atomic E-state index is 11.3. The molecule has 13 heavy (non-hydrogen) atoms. The van der Waals surface area contributed by atoms with Crippen LogP contribution in [0.1, 0.15) is 30.7 Å². The number of rotatable bonds is 2. The molecule has 0 spiro atoms. The Hall–Kier alpha value is -1.25. The highest BCUT2D eigenvalue weighted by Gasteiger charge is 2.11. The molecule has 72 valence electrons. The van der Waals surface area contributed by atoms with Crippen LogP contribution < -0.4 is 5.56 Å². The van der Waals surface area contributed by atoms with Crippen molar-refractivity contribution in [1.82, 2.24) is 4.98 Å². The van der Waals surface area contributed by atoms with E-state index in [2.05, 4.69) is 4.98 Å². The summed E-state index contributed by atoms with van der Waals surface area (Å²) in [4.78, 5) is 14.1. The van der Waals surface area contributed by atoms with Crippen LogP contribution in [0.2, 0.25) is 0 Å². The lowest BCUT2D eigenvalue weighted by atomic mass is 10.1. The summed E-state index contributed by atoms with van der Waals surface area (Å²) in [6, 6.07) is 0. The molecule has 0 unspecified atom stereocenters. The summed E-state index contributed by atoms with van der Waals surface area (Å²) in [6.45, 7) is 5.62. The van der Waals surface area contributed by atoms with E-state index in [0.717, 1.165) is 17.7 Å². The van der Waals surface area contributed by atoms with Gasteiger partial charge in [-0.15, -0.1) is 0 Å². The molecule has 0 saturated heterocycles. The number of H-pyrrole nitrogens is 1. The predicted octanol–water partition coefficient (Wildman–Crippen LogP) is 1.51. The van der Waals surface area contributed by atoms with E-state index in [0.29, 0.717) is 12.0 Å². The highest BCUT2D eigenvalue weighted by Crippen LogP contribution is 2.21. The Morgan fingerprint density at radius 3 is 2.23 bits per heavy atom. The summed E-state index contributed by atoms with van der Waals surface area (Å²) < 4.78 is 0. The molecule has 1 rings (SSSR count). The number of hydrogen-bond donors (Lipinski definition) is 2. The van der Waals surface area contributed by atoms with Gasteiger partial charge in [-0.25, -0.2) is 0 Å². The first-order valence-corrected chi connectivity index (χ1v) is 4.55. The third-order valence-corrected chi connectivity index (χ3v) is 2.31. The summed E-state index contributed by atoms with van der Waals surface area (Å²) in [5.41, 5.74) is 1.93. The quantitative estimate of drug-likeness (QED) is 0.726. The number of aromatic hydroxyl groups is 1. The number of aromatic amines is 1. The van der Waals surface area contributed by atoms with Crippen molar-refractivity contribution >= 4 is 0 Å². The Kier molecular flexibility index (Phi) is 2.76. The molecule has 0 fully saturated rings. The zero-order valence-corrected chi connectivity index (χ0v) is 8.27. The smallest absolute Gasteiger partial charge is 0.255 e. The molecule has 0 aliphatic heterocycles. The molecule has 0 aromatic carbocycles. The Labute approximate surface area is 77.4 Å². The average molecular weight is 181 g/mol. The first kappa shape index (κ1) is 9.84. The van der Waals surface area contributed by atoms with Crippen LogP contribution in [0.15, 0.2) is 4.79 Å². The normalized spacial score (nSPS) is 10.4. The summed E-state index contributed by atoms with van der Waals surface area (Å²) in [7, 11) is 0. The molecule has 0 radical (unpaired) electrons. The standard InChI is InChI=1S/C10H15NO2/c1-4-7-6(3)11-10(13)8(5-2)9(7)12/h4-5H2,1-3H3,(H2,11,12,13). The minimum atomic E-state index is -0.172. The maximum atomic E-state index is 11.3. The molecule has 3 heteroatoms. The molecular formula is C10H15NO2. The van der Waals surface area contributed by atoms with Crippen molar-refractivity contribution in [3.8, 4) is 5.75 Å². The molecule has 3 nitrogen and oxygen atoms in total. The van der Waals surface area contributed by atoms with Crippen LogP contribution in [0.25, 0.3) is 0 Å². The van der Waals surface area contributed by atoms with Crippen LogP contribution in [0.3, 0.4) is 0 Å². The van der Waals surface area contributed by atoms with Gasteiger partial charge in [-0.2, -0.15) is 0 Å².